The van der Waals surface area contributed by atoms with Crippen LogP contribution in [0.2, 0.25) is 0 Å². The molecule has 1 spiro atoms. The lowest BCUT2D eigenvalue weighted by Crippen LogP contribution is -2.44. The first-order chi connectivity index (χ1) is 14.6. The minimum atomic E-state index is -0.721. The minimum Gasteiger partial charge on any atom is -0.486 e. The largest absolute Gasteiger partial charge is 0.486 e. The van der Waals surface area contributed by atoms with E-state index in [0.717, 1.165) is 42.7 Å². The first kappa shape index (κ1) is 19.2. The van der Waals surface area contributed by atoms with E-state index in [9.17, 15) is 14.4 Å². The van der Waals surface area contributed by atoms with Crippen molar-refractivity contribution in [3.8, 4) is 11.5 Å². The summed E-state index contributed by atoms with van der Waals surface area (Å²) in [5.74, 6) is 1.27. The molecule has 3 aliphatic heterocycles. The molecule has 160 valence electrons. The highest BCUT2D eigenvalue weighted by molar-refractivity contribution is 6.07. The number of hydrogen-bond acceptors (Lipinski definition) is 5. The summed E-state index contributed by atoms with van der Waals surface area (Å²) >= 11 is 0. The molecule has 3 heterocycles. The van der Waals surface area contributed by atoms with Crippen LogP contribution in [0.3, 0.4) is 0 Å². The third kappa shape index (κ3) is 3.18. The third-order valence-corrected chi connectivity index (χ3v) is 6.78. The fourth-order valence-corrected chi connectivity index (χ4v) is 5.23. The number of fused-ring (bicyclic) bond motifs is 1. The summed E-state index contributed by atoms with van der Waals surface area (Å²) in [5, 5.41) is 2.87. The lowest BCUT2D eigenvalue weighted by Gasteiger charge is -2.27. The number of carbonyl (C=O) groups excluding carboxylic acids is 3. The topological polar surface area (TPSA) is 88.2 Å². The highest BCUT2D eigenvalue weighted by Crippen LogP contribution is 2.39. The fraction of sp³-hybridized carbons (Fsp3) is 0.591. The Kier molecular flexibility index (Phi) is 4.79. The van der Waals surface area contributed by atoms with Crippen LogP contribution in [0, 0.1) is 0 Å². The average Bonchev–Trinajstić information content (AvgIpc) is 3.48. The summed E-state index contributed by atoms with van der Waals surface area (Å²) in [4.78, 5) is 41.2. The van der Waals surface area contributed by atoms with Crippen LogP contribution >= 0.6 is 0 Å². The van der Waals surface area contributed by atoms with Crippen molar-refractivity contribution in [1.29, 1.82) is 0 Å². The average molecular weight is 413 g/mol. The van der Waals surface area contributed by atoms with Gasteiger partial charge in [0.15, 0.2) is 11.5 Å². The van der Waals surface area contributed by atoms with E-state index in [1.165, 1.54) is 4.90 Å². The van der Waals surface area contributed by atoms with Gasteiger partial charge in [0.25, 0.3) is 5.91 Å². The van der Waals surface area contributed by atoms with E-state index in [-0.39, 0.29) is 36.9 Å². The van der Waals surface area contributed by atoms with Crippen molar-refractivity contribution in [1.82, 2.24) is 15.1 Å². The summed E-state index contributed by atoms with van der Waals surface area (Å²) in [7, 11) is 0. The Morgan fingerprint density at radius 2 is 1.87 bits per heavy atom. The Balaban J connectivity index is 1.25. The molecular formula is C22H27N3O5. The molecule has 0 bridgehead atoms. The number of imide groups is 1. The Hall–Kier alpha value is -2.77. The van der Waals surface area contributed by atoms with Crippen LogP contribution in [0.4, 0.5) is 4.79 Å². The molecule has 0 unspecified atom stereocenters. The van der Waals surface area contributed by atoms with Crippen molar-refractivity contribution >= 4 is 17.8 Å². The molecule has 1 aromatic carbocycles. The normalized spacial score (nSPS) is 24.6. The molecular weight excluding hydrogens is 386 g/mol. The lowest BCUT2D eigenvalue weighted by molar-refractivity contribution is -0.134. The number of hydrogen-bond donors (Lipinski definition) is 1. The highest BCUT2D eigenvalue weighted by Gasteiger charge is 2.52. The van der Waals surface area contributed by atoms with Crippen molar-refractivity contribution in [2.45, 2.75) is 56.5 Å². The van der Waals surface area contributed by atoms with Gasteiger partial charge < -0.3 is 19.7 Å². The van der Waals surface area contributed by atoms with Crippen LogP contribution in [0.25, 0.3) is 0 Å². The van der Waals surface area contributed by atoms with Gasteiger partial charge in [-0.2, -0.15) is 0 Å². The maximum atomic E-state index is 13.0. The monoisotopic (exact) mass is 413 g/mol. The molecule has 5 rings (SSSR count). The Bertz CT molecular complexity index is 880. The number of urea groups is 1. The molecule has 1 atom stereocenters. The van der Waals surface area contributed by atoms with Crippen LogP contribution in [-0.2, 0) is 9.59 Å². The molecule has 8 nitrogen and oxygen atoms in total. The molecule has 3 fully saturated rings. The molecule has 4 aliphatic rings. The van der Waals surface area contributed by atoms with Gasteiger partial charge in [-0.25, -0.2) is 4.79 Å². The van der Waals surface area contributed by atoms with E-state index in [2.05, 4.69) is 5.32 Å². The second-order valence-electron chi connectivity index (χ2n) is 8.57. The van der Waals surface area contributed by atoms with Gasteiger partial charge in [0.05, 0.1) is 6.04 Å². The zero-order valence-corrected chi connectivity index (χ0v) is 17.0. The maximum absolute atomic E-state index is 13.0. The predicted octanol–water partition coefficient (Wildman–Crippen LogP) is 2.38. The van der Waals surface area contributed by atoms with Crippen molar-refractivity contribution in [3.05, 3.63) is 23.8 Å². The van der Waals surface area contributed by atoms with E-state index >= 15 is 0 Å². The van der Waals surface area contributed by atoms with Gasteiger partial charge in [0.2, 0.25) is 5.91 Å². The van der Waals surface area contributed by atoms with Crippen LogP contribution < -0.4 is 14.8 Å². The van der Waals surface area contributed by atoms with E-state index in [1.54, 1.807) is 0 Å². The number of ether oxygens (including phenoxy) is 2. The molecule has 1 saturated carbocycles. The predicted molar refractivity (Wildman–Crippen MR) is 107 cm³/mol. The molecule has 30 heavy (non-hydrogen) atoms. The van der Waals surface area contributed by atoms with Crippen LogP contribution in [0.5, 0.6) is 11.5 Å². The molecule has 0 radical (unpaired) electrons. The lowest BCUT2D eigenvalue weighted by atomic mass is 9.98. The van der Waals surface area contributed by atoms with Gasteiger partial charge in [0, 0.05) is 19.5 Å². The van der Waals surface area contributed by atoms with Crippen molar-refractivity contribution in [2.75, 3.05) is 26.3 Å². The molecule has 1 aromatic rings. The molecule has 4 amide bonds. The highest BCUT2D eigenvalue weighted by atomic mass is 16.6. The van der Waals surface area contributed by atoms with Gasteiger partial charge in [-0.1, -0.05) is 18.9 Å². The van der Waals surface area contributed by atoms with E-state index in [4.69, 9.17) is 9.47 Å². The summed E-state index contributed by atoms with van der Waals surface area (Å²) < 4.78 is 11.3. The Morgan fingerprint density at radius 1 is 1.10 bits per heavy atom. The van der Waals surface area contributed by atoms with E-state index in [1.807, 2.05) is 23.1 Å². The van der Waals surface area contributed by atoms with Gasteiger partial charge in [0.1, 0.15) is 18.8 Å². The molecule has 1 N–H and O–H groups in total. The fourth-order valence-electron chi connectivity index (χ4n) is 5.23. The third-order valence-electron chi connectivity index (χ3n) is 6.78. The van der Waals surface area contributed by atoms with Gasteiger partial charge in [-0.05, 0) is 43.4 Å². The second kappa shape index (κ2) is 7.49. The van der Waals surface area contributed by atoms with Crippen LogP contribution in [0.1, 0.15) is 56.6 Å². The first-order valence-electron chi connectivity index (χ1n) is 10.9. The number of nitrogens with zero attached hydrogens (tertiary/aromatic N) is 2. The SMILES string of the molecule is O=C1NC2(CCCC2)C(=O)N1CCC(=O)N1CCC[C@@H]1c1ccc2c(c1)OCCO2. The zero-order valence-electron chi connectivity index (χ0n) is 17.0. The summed E-state index contributed by atoms with van der Waals surface area (Å²) in [6.45, 7) is 1.89. The summed E-state index contributed by atoms with van der Waals surface area (Å²) in [6, 6.07) is 5.48. The summed E-state index contributed by atoms with van der Waals surface area (Å²) in [6.07, 6.45) is 5.25. The number of rotatable bonds is 4. The van der Waals surface area contributed by atoms with Gasteiger partial charge in [-0.3, -0.25) is 14.5 Å². The Labute approximate surface area is 175 Å². The maximum Gasteiger partial charge on any atom is 0.325 e. The molecule has 1 aliphatic carbocycles. The standard InChI is InChI=1S/C22H27N3O5/c26-19(7-11-25-20(27)22(23-21(25)28)8-1-2-9-22)24-10-3-4-16(24)15-5-6-17-18(14-15)30-13-12-29-17/h5-6,14,16H,1-4,7-13H2,(H,23,28)/t16-/m1/s1. The van der Waals surface area contributed by atoms with Crippen LogP contribution in [0.15, 0.2) is 18.2 Å². The van der Waals surface area contributed by atoms with Gasteiger partial charge in [-0.15, -0.1) is 0 Å². The Morgan fingerprint density at radius 3 is 2.67 bits per heavy atom. The van der Waals surface area contributed by atoms with Crippen molar-refractivity contribution < 1.29 is 23.9 Å². The molecule has 8 heteroatoms. The number of amides is 4. The number of likely N-dealkylation sites (tertiary alicyclic amines) is 1. The molecule has 2 saturated heterocycles. The summed E-state index contributed by atoms with van der Waals surface area (Å²) in [5.41, 5.74) is 0.312. The van der Waals surface area contributed by atoms with E-state index in [0.29, 0.717) is 32.6 Å². The van der Waals surface area contributed by atoms with Crippen molar-refractivity contribution in [3.63, 3.8) is 0 Å². The molecule has 0 aromatic heterocycles. The van der Waals surface area contributed by atoms with Crippen molar-refractivity contribution in [2.24, 2.45) is 0 Å². The second-order valence-corrected chi connectivity index (χ2v) is 8.57. The van der Waals surface area contributed by atoms with E-state index < -0.39 is 5.54 Å². The number of benzene rings is 1. The number of nitrogens with one attached hydrogen (secondary N) is 1. The quantitative estimate of drug-likeness (QED) is 0.766. The number of carbonyl (C=O) groups is 3. The zero-order chi connectivity index (χ0) is 20.7. The minimum absolute atomic E-state index is 0.0161. The smallest absolute Gasteiger partial charge is 0.325 e. The first-order valence-corrected chi connectivity index (χ1v) is 10.9. The van der Waals surface area contributed by atoms with Crippen LogP contribution in [-0.4, -0.2) is 59.5 Å². The van der Waals surface area contributed by atoms with Gasteiger partial charge >= 0.3 is 6.03 Å².